The molecule has 0 aromatic carbocycles. The van der Waals surface area contributed by atoms with Crippen molar-refractivity contribution >= 4 is 32.0 Å². The number of piperazine rings is 1. The molecule has 1 fully saturated rings. The summed E-state index contributed by atoms with van der Waals surface area (Å²) in [6.07, 6.45) is 3.18. The van der Waals surface area contributed by atoms with E-state index in [0.29, 0.717) is 26.2 Å². The molecule has 1 N–H and O–H groups in total. The van der Waals surface area contributed by atoms with Crippen molar-refractivity contribution in [3.63, 3.8) is 0 Å². The van der Waals surface area contributed by atoms with E-state index >= 15 is 0 Å². The zero-order chi connectivity index (χ0) is 14.8. The standard InChI is InChI=1S/C11H18BrN5O2S/c1-9(2)15-20(18,19)17-5-3-16(4-6-17)11-10(12)7-13-8-14-11/h7-9,15H,3-6H2,1-2H3. The van der Waals surface area contributed by atoms with Gasteiger partial charge in [-0.15, -0.1) is 0 Å². The van der Waals surface area contributed by atoms with Gasteiger partial charge in [0.05, 0.1) is 4.47 Å². The molecule has 0 radical (unpaired) electrons. The van der Waals surface area contributed by atoms with Crippen LogP contribution < -0.4 is 9.62 Å². The Morgan fingerprint density at radius 3 is 2.50 bits per heavy atom. The van der Waals surface area contributed by atoms with Crippen molar-refractivity contribution in [2.75, 3.05) is 31.1 Å². The second-order valence-corrected chi connectivity index (χ2v) is 7.41. The zero-order valence-corrected chi connectivity index (χ0v) is 13.9. The quantitative estimate of drug-likeness (QED) is 0.847. The van der Waals surface area contributed by atoms with Crippen molar-refractivity contribution in [3.8, 4) is 0 Å². The van der Waals surface area contributed by atoms with Gasteiger partial charge in [-0.05, 0) is 29.8 Å². The van der Waals surface area contributed by atoms with E-state index in [2.05, 4.69) is 30.6 Å². The van der Waals surface area contributed by atoms with Gasteiger partial charge in [-0.1, -0.05) is 0 Å². The average Bonchev–Trinajstić information content (AvgIpc) is 2.38. The molecule has 0 spiro atoms. The molecule has 1 saturated heterocycles. The fourth-order valence-electron chi connectivity index (χ4n) is 2.05. The molecule has 1 aromatic heterocycles. The lowest BCUT2D eigenvalue weighted by Gasteiger charge is -2.35. The first-order chi connectivity index (χ1) is 9.40. The first-order valence-corrected chi connectivity index (χ1v) is 8.61. The maximum atomic E-state index is 12.1. The van der Waals surface area contributed by atoms with E-state index in [-0.39, 0.29) is 6.04 Å². The highest BCUT2D eigenvalue weighted by Crippen LogP contribution is 2.23. The zero-order valence-electron chi connectivity index (χ0n) is 11.5. The molecule has 0 unspecified atom stereocenters. The molecule has 0 atom stereocenters. The van der Waals surface area contributed by atoms with Crippen LogP contribution in [0, 0.1) is 0 Å². The number of anilines is 1. The molecule has 20 heavy (non-hydrogen) atoms. The van der Waals surface area contributed by atoms with Crippen LogP contribution in [-0.4, -0.2) is 54.9 Å². The van der Waals surface area contributed by atoms with Gasteiger partial charge in [0.1, 0.15) is 12.1 Å². The van der Waals surface area contributed by atoms with Gasteiger partial charge < -0.3 is 4.90 Å². The third-order valence-electron chi connectivity index (χ3n) is 2.91. The minimum atomic E-state index is -3.39. The van der Waals surface area contributed by atoms with Gasteiger partial charge in [-0.25, -0.2) is 9.97 Å². The van der Waals surface area contributed by atoms with Crippen LogP contribution in [0.3, 0.4) is 0 Å². The van der Waals surface area contributed by atoms with Crippen LogP contribution in [0.1, 0.15) is 13.8 Å². The van der Waals surface area contributed by atoms with Gasteiger partial charge in [-0.3, -0.25) is 0 Å². The predicted molar refractivity (Wildman–Crippen MR) is 80.7 cm³/mol. The highest BCUT2D eigenvalue weighted by molar-refractivity contribution is 9.10. The van der Waals surface area contributed by atoms with Gasteiger partial charge in [0, 0.05) is 38.4 Å². The van der Waals surface area contributed by atoms with Crippen molar-refractivity contribution in [2.24, 2.45) is 0 Å². The summed E-state index contributed by atoms with van der Waals surface area (Å²) in [6, 6.07) is -0.103. The molecular weight excluding hydrogens is 346 g/mol. The van der Waals surface area contributed by atoms with Crippen molar-refractivity contribution in [3.05, 3.63) is 17.0 Å². The Morgan fingerprint density at radius 2 is 1.95 bits per heavy atom. The lowest BCUT2D eigenvalue weighted by Crippen LogP contribution is -2.53. The number of hydrogen-bond acceptors (Lipinski definition) is 5. The molecule has 0 amide bonds. The SMILES string of the molecule is CC(C)NS(=O)(=O)N1CCN(c2ncncc2Br)CC1. The fourth-order valence-corrected chi connectivity index (χ4v) is 3.91. The molecule has 0 bridgehead atoms. The Morgan fingerprint density at radius 1 is 1.30 bits per heavy atom. The van der Waals surface area contributed by atoms with Gasteiger partial charge in [0.2, 0.25) is 0 Å². The molecule has 0 aliphatic carbocycles. The van der Waals surface area contributed by atoms with E-state index in [0.717, 1.165) is 10.3 Å². The number of halogens is 1. The first kappa shape index (κ1) is 15.6. The molecule has 2 heterocycles. The van der Waals surface area contributed by atoms with Crippen LogP contribution in [0.5, 0.6) is 0 Å². The average molecular weight is 364 g/mol. The summed E-state index contributed by atoms with van der Waals surface area (Å²) in [5.41, 5.74) is 0. The Kier molecular flexibility index (Phi) is 4.95. The summed E-state index contributed by atoms with van der Waals surface area (Å²) in [5, 5.41) is 0. The summed E-state index contributed by atoms with van der Waals surface area (Å²) >= 11 is 3.41. The maximum absolute atomic E-state index is 12.1. The van der Waals surface area contributed by atoms with Gasteiger partial charge in [-0.2, -0.15) is 17.4 Å². The molecule has 112 valence electrons. The van der Waals surface area contributed by atoms with Crippen LogP contribution >= 0.6 is 15.9 Å². The summed E-state index contributed by atoms with van der Waals surface area (Å²) in [7, 11) is -3.39. The topological polar surface area (TPSA) is 78.4 Å². The monoisotopic (exact) mass is 363 g/mol. The third-order valence-corrected chi connectivity index (χ3v) is 5.28. The number of hydrogen-bond donors (Lipinski definition) is 1. The molecule has 7 nitrogen and oxygen atoms in total. The van der Waals surface area contributed by atoms with Crippen molar-refractivity contribution in [1.29, 1.82) is 0 Å². The maximum Gasteiger partial charge on any atom is 0.279 e. The summed E-state index contributed by atoms with van der Waals surface area (Å²) < 4.78 is 29.0. The second-order valence-electron chi connectivity index (χ2n) is 4.86. The Balaban J connectivity index is 2.01. The van der Waals surface area contributed by atoms with Crippen LogP contribution in [0.15, 0.2) is 17.0 Å². The van der Waals surface area contributed by atoms with Crippen LogP contribution in [0.25, 0.3) is 0 Å². The molecular formula is C11H18BrN5O2S. The lowest BCUT2D eigenvalue weighted by atomic mass is 10.3. The summed E-state index contributed by atoms with van der Waals surface area (Å²) in [6.45, 7) is 5.72. The second kappa shape index (κ2) is 6.33. The van der Waals surface area contributed by atoms with E-state index in [9.17, 15) is 8.42 Å². The van der Waals surface area contributed by atoms with Crippen molar-refractivity contribution in [1.82, 2.24) is 19.0 Å². The van der Waals surface area contributed by atoms with Gasteiger partial charge in [0.15, 0.2) is 0 Å². The van der Waals surface area contributed by atoms with Crippen molar-refractivity contribution < 1.29 is 8.42 Å². The summed E-state index contributed by atoms with van der Waals surface area (Å²) in [5.74, 6) is 0.800. The van der Waals surface area contributed by atoms with E-state index < -0.39 is 10.2 Å². The van der Waals surface area contributed by atoms with Crippen LogP contribution in [0.4, 0.5) is 5.82 Å². The lowest BCUT2D eigenvalue weighted by molar-refractivity contribution is 0.374. The minimum absolute atomic E-state index is 0.103. The number of aromatic nitrogens is 2. The molecule has 9 heteroatoms. The van der Waals surface area contributed by atoms with E-state index in [1.54, 1.807) is 6.20 Å². The Labute approximate surface area is 127 Å². The van der Waals surface area contributed by atoms with Crippen LogP contribution in [0.2, 0.25) is 0 Å². The summed E-state index contributed by atoms with van der Waals surface area (Å²) in [4.78, 5) is 10.2. The normalized spacial score (nSPS) is 17.7. The number of rotatable bonds is 4. The van der Waals surface area contributed by atoms with Gasteiger partial charge in [0.25, 0.3) is 10.2 Å². The molecule has 0 saturated carbocycles. The molecule has 1 aliphatic heterocycles. The van der Waals surface area contributed by atoms with E-state index in [1.165, 1.54) is 10.6 Å². The third kappa shape index (κ3) is 3.66. The van der Waals surface area contributed by atoms with E-state index in [1.807, 2.05) is 18.7 Å². The van der Waals surface area contributed by atoms with Crippen molar-refractivity contribution in [2.45, 2.75) is 19.9 Å². The van der Waals surface area contributed by atoms with Crippen LogP contribution in [-0.2, 0) is 10.2 Å². The highest BCUT2D eigenvalue weighted by atomic mass is 79.9. The van der Waals surface area contributed by atoms with E-state index in [4.69, 9.17) is 0 Å². The Bertz CT molecular complexity index is 558. The predicted octanol–water partition coefficient (Wildman–Crippen LogP) is 0.604. The molecule has 2 rings (SSSR count). The van der Waals surface area contributed by atoms with Gasteiger partial charge >= 0.3 is 0 Å². The first-order valence-electron chi connectivity index (χ1n) is 6.38. The fraction of sp³-hybridized carbons (Fsp3) is 0.636. The number of nitrogens with one attached hydrogen (secondary N) is 1. The number of nitrogens with zero attached hydrogens (tertiary/aromatic N) is 4. The Hall–Kier alpha value is -0.770. The highest BCUT2D eigenvalue weighted by Gasteiger charge is 2.28. The molecule has 1 aromatic rings. The minimum Gasteiger partial charge on any atom is -0.353 e. The largest absolute Gasteiger partial charge is 0.353 e. The molecule has 1 aliphatic rings. The smallest absolute Gasteiger partial charge is 0.279 e.